The van der Waals surface area contributed by atoms with E-state index in [4.69, 9.17) is 0 Å². The minimum absolute atomic E-state index is 0.0502. The van der Waals surface area contributed by atoms with Gasteiger partial charge in [-0.25, -0.2) is 0 Å². The number of Topliss-reactive ketones (excluding diaryl/α,β-unsaturated/α-hetero) is 1. The quantitative estimate of drug-likeness (QED) is 0.855. The van der Waals surface area contributed by atoms with Crippen LogP contribution in [0, 0.1) is 5.92 Å². The molecule has 2 heterocycles. The van der Waals surface area contributed by atoms with Gasteiger partial charge in [-0.1, -0.05) is 0 Å². The number of carbonyl (C=O) groups excluding carboxylic acids is 2. The second kappa shape index (κ2) is 6.23. The smallest absolute Gasteiger partial charge is 0.271 e. The van der Waals surface area contributed by atoms with Crippen molar-refractivity contribution < 1.29 is 9.59 Å². The van der Waals surface area contributed by atoms with Crippen LogP contribution in [0.2, 0.25) is 0 Å². The zero-order valence-corrected chi connectivity index (χ0v) is 12.1. The molecule has 5 nitrogen and oxygen atoms in total. The number of thioether (sulfide) groups is 1. The minimum atomic E-state index is -0.130. The Morgan fingerprint density at radius 2 is 2.37 bits per heavy atom. The minimum Gasteiger partial charge on any atom is -0.337 e. The molecule has 1 N–H and O–H groups in total. The van der Waals surface area contributed by atoms with Crippen molar-refractivity contribution in [1.29, 1.82) is 0 Å². The van der Waals surface area contributed by atoms with Gasteiger partial charge in [0, 0.05) is 20.0 Å². The van der Waals surface area contributed by atoms with Crippen LogP contribution in [-0.2, 0) is 0 Å². The first-order valence-corrected chi connectivity index (χ1v) is 7.85. The van der Waals surface area contributed by atoms with Crippen molar-refractivity contribution in [3.63, 3.8) is 0 Å². The van der Waals surface area contributed by atoms with Gasteiger partial charge in [-0.15, -0.1) is 0 Å². The van der Waals surface area contributed by atoms with Crippen molar-refractivity contribution in [3.8, 4) is 0 Å². The molecule has 6 heteroatoms. The van der Waals surface area contributed by atoms with Crippen molar-refractivity contribution in [2.24, 2.45) is 5.92 Å². The third-order valence-electron chi connectivity index (χ3n) is 3.38. The first-order valence-electron chi connectivity index (χ1n) is 6.46. The summed E-state index contributed by atoms with van der Waals surface area (Å²) in [6.45, 7) is 3.03. The summed E-state index contributed by atoms with van der Waals surface area (Å²) in [6, 6.07) is 1.54. The van der Waals surface area contributed by atoms with E-state index in [1.165, 1.54) is 13.3 Å². The molecule has 0 saturated carbocycles. The van der Waals surface area contributed by atoms with Gasteiger partial charge in [0.2, 0.25) is 0 Å². The van der Waals surface area contributed by atoms with Crippen LogP contribution in [0.25, 0.3) is 0 Å². The molecule has 1 saturated heterocycles. The molecule has 1 unspecified atom stereocenters. The highest BCUT2D eigenvalue weighted by atomic mass is 32.2. The van der Waals surface area contributed by atoms with Crippen LogP contribution >= 0.6 is 11.8 Å². The standard InChI is InChI=1S/C13H19N3O2S/c1-9(17)11-6-12(15-14-11)13(18)16-5-3-4-10(7-16)8-19-2/h6,10H,3-5,7-8H2,1-2H3,(H,14,15). The van der Waals surface area contributed by atoms with Gasteiger partial charge in [-0.05, 0) is 36.8 Å². The summed E-state index contributed by atoms with van der Waals surface area (Å²) in [7, 11) is 0. The summed E-state index contributed by atoms with van der Waals surface area (Å²) in [6.07, 6.45) is 4.33. The number of likely N-dealkylation sites (tertiary alicyclic amines) is 1. The van der Waals surface area contributed by atoms with Crippen LogP contribution in [0.5, 0.6) is 0 Å². The van der Waals surface area contributed by atoms with Gasteiger partial charge in [0.05, 0.1) is 0 Å². The number of aromatic nitrogens is 2. The molecule has 0 radical (unpaired) electrons. The molecule has 0 aliphatic carbocycles. The number of hydrogen-bond donors (Lipinski definition) is 1. The normalized spacial score (nSPS) is 19.5. The predicted molar refractivity (Wildman–Crippen MR) is 75.6 cm³/mol. The molecule has 0 spiro atoms. The Hall–Kier alpha value is -1.30. The molecule has 0 bridgehead atoms. The molecular weight excluding hydrogens is 262 g/mol. The largest absolute Gasteiger partial charge is 0.337 e. The first-order chi connectivity index (χ1) is 9.11. The van der Waals surface area contributed by atoms with Crippen LogP contribution in [0.15, 0.2) is 6.07 Å². The SMILES string of the molecule is CSCC1CCCN(C(=O)c2cc(C(C)=O)n[nH]2)C1. The van der Waals surface area contributed by atoms with Gasteiger partial charge >= 0.3 is 0 Å². The molecule has 1 aliphatic heterocycles. The average Bonchev–Trinajstić information content (AvgIpc) is 2.88. The third kappa shape index (κ3) is 3.37. The monoisotopic (exact) mass is 281 g/mol. The van der Waals surface area contributed by atoms with E-state index >= 15 is 0 Å². The summed E-state index contributed by atoms with van der Waals surface area (Å²) >= 11 is 1.82. The molecule has 1 fully saturated rings. The van der Waals surface area contributed by atoms with Crippen LogP contribution < -0.4 is 0 Å². The van der Waals surface area contributed by atoms with Crippen molar-refractivity contribution in [2.75, 3.05) is 25.1 Å². The second-order valence-corrected chi connectivity index (χ2v) is 5.85. The van der Waals surface area contributed by atoms with E-state index in [1.54, 1.807) is 6.07 Å². The van der Waals surface area contributed by atoms with Crippen molar-refractivity contribution in [3.05, 3.63) is 17.5 Å². The number of H-pyrrole nitrogens is 1. The van der Waals surface area contributed by atoms with Crippen molar-refractivity contribution >= 4 is 23.5 Å². The van der Waals surface area contributed by atoms with Crippen molar-refractivity contribution in [1.82, 2.24) is 15.1 Å². The van der Waals surface area contributed by atoms with Gasteiger partial charge in [-0.2, -0.15) is 16.9 Å². The van der Waals surface area contributed by atoms with E-state index in [0.29, 0.717) is 17.3 Å². The lowest BCUT2D eigenvalue weighted by Gasteiger charge is -2.32. The highest BCUT2D eigenvalue weighted by Gasteiger charge is 2.25. The Morgan fingerprint density at radius 1 is 1.58 bits per heavy atom. The summed E-state index contributed by atoms with van der Waals surface area (Å²) in [5.74, 6) is 1.48. The van der Waals surface area contributed by atoms with Gasteiger partial charge in [0.25, 0.3) is 5.91 Å². The fourth-order valence-corrected chi connectivity index (χ4v) is 3.15. The third-order valence-corrected chi connectivity index (χ3v) is 4.18. The predicted octanol–water partition coefficient (Wildman–Crippen LogP) is 1.83. The van der Waals surface area contributed by atoms with Crippen molar-refractivity contribution in [2.45, 2.75) is 19.8 Å². The first kappa shape index (κ1) is 14.1. The maximum atomic E-state index is 12.3. The Balaban J connectivity index is 2.03. The zero-order chi connectivity index (χ0) is 13.8. The van der Waals surface area contributed by atoms with Gasteiger partial charge in [0.15, 0.2) is 5.78 Å². The van der Waals surface area contributed by atoms with Crippen LogP contribution in [-0.4, -0.2) is 51.9 Å². The Labute approximate surface area is 117 Å². The molecule has 104 valence electrons. The molecule has 0 aromatic carbocycles. The van der Waals surface area contributed by atoms with Gasteiger partial charge in [-0.3, -0.25) is 14.7 Å². The summed E-state index contributed by atoms with van der Waals surface area (Å²) in [5.41, 5.74) is 0.732. The van der Waals surface area contributed by atoms with E-state index in [-0.39, 0.29) is 11.7 Å². The van der Waals surface area contributed by atoms with Crippen LogP contribution in [0.3, 0.4) is 0 Å². The lowest BCUT2D eigenvalue weighted by molar-refractivity contribution is 0.0679. The molecule has 19 heavy (non-hydrogen) atoms. The van der Waals surface area contributed by atoms with Crippen LogP contribution in [0.4, 0.5) is 0 Å². The van der Waals surface area contributed by atoms with E-state index in [2.05, 4.69) is 16.5 Å². The second-order valence-electron chi connectivity index (χ2n) is 4.94. The summed E-state index contributed by atoms with van der Waals surface area (Å²) < 4.78 is 0. The number of nitrogens with zero attached hydrogens (tertiary/aromatic N) is 2. The molecular formula is C13H19N3O2S. The number of aromatic amines is 1. The van der Waals surface area contributed by atoms with E-state index in [9.17, 15) is 9.59 Å². The fourth-order valence-electron chi connectivity index (χ4n) is 2.40. The number of nitrogens with one attached hydrogen (secondary N) is 1. The molecule has 1 aromatic rings. The zero-order valence-electron chi connectivity index (χ0n) is 11.3. The lowest BCUT2D eigenvalue weighted by Crippen LogP contribution is -2.40. The number of hydrogen-bond acceptors (Lipinski definition) is 4. The Kier molecular flexibility index (Phi) is 4.63. The number of amides is 1. The Morgan fingerprint density at radius 3 is 3.00 bits per heavy atom. The average molecular weight is 281 g/mol. The molecule has 2 rings (SSSR count). The summed E-state index contributed by atoms with van der Waals surface area (Å²) in [5, 5.41) is 6.52. The molecule has 1 atom stereocenters. The van der Waals surface area contributed by atoms with Crippen LogP contribution in [0.1, 0.15) is 40.7 Å². The molecule has 1 amide bonds. The van der Waals surface area contributed by atoms with E-state index in [1.807, 2.05) is 16.7 Å². The van der Waals surface area contributed by atoms with E-state index < -0.39 is 0 Å². The highest BCUT2D eigenvalue weighted by Crippen LogP contribution is 2.21. The fraction of sp³-hybridized carbons (Fsp3) is 0.615. The number of ketones is 1. The highest BCUT2D eigenvalue weighted by molar-refractivity contribution is 7.98. The molecule has 1 aromatic heterocycles. The number of carbonyl (C=O) groups is 2. The van der Waals surface area contributed by atoms with Gasteiger partial charge < -0.3 is 4.90 Å². The van der Waals surface area contributed by atoms with Gasteiger partial charge in [0.1, 0.15) is 11.4 Å². The maximum Gasteiger partial charge on any atom is 0.271 e. The van der Waals surface area contributed by atoms with E-state index in [0.717, 1.165) is 25.3 Å². The topological polar surface area (TPSA) is 66.1 Å². The number of rotatable bonds is 4. The summed E-state index contributed by atoms with van der Waals surface area (Å²) in [4.78, 5) is 25.4. The maximum absolute atomic E-state index is 12.3. The molecule has 1 aliphatic rings. The Bertz CT molecular complexity index is 470. The number of piperidine rings is 1. The lowest BCUT2D eigenvalue weighted by atomic mass is 10.00.